The fourth-order valence-electron chi connectivity index (χ4n) is 2.94. The number of amides is 2. The maximum absolute atomic E-state index is 12.2. The highest BCUT2D eigenvalue weighted by Crippen LogP contribution is 2.31. The number of carbonyl (C=O) groups excluding carboxylic acids is 2. The summed E-state index contributed by atoms with van der Waals surface area (Å²) < 4.78 is 1.78. The molecule has 1 heterocycles. The topological polar surface area (TPSA) is 71.1 Å². The van der Waals surface area contributed by atoms with E-state index >= 15 is 0 Å². The van der Waals surface area contributed by atoms with Gasteiger partial charge in [0.1, 0.15) is 0 Å². The molecule has 4 rings (SSSR count). The molecule has 0 fully saturated rings. The molecule has 2 amide bonds. The molecule has 0 spiro atoms. The molecular formula is C25H21N3O2S2. The van der Waals surface area contributed by atoms with Crippen molar-refractivity contribution in [3.8, 4) is 0 Å². The number of anilines is 1. The Labute approximate surface area is 194 Å². The lowest BCUT2D eigenvalue weighted by atomic mass is 10.2. The van der Waals surface area contributed by atoms with Crippen LogP contribution in [0.2, 0.25) is 0 Å². The summed E-state index contributed by atoms with van der Waals surface area (Å²) in [6, 6.07) is 25.1. The highest BCUT2D eigenvalue weighted by atomic mass is 32.2. The van der Waals surface area contributed by atoms with Crippen LogP contribution in [0.3, 0.4) is 0 Å². The normalized spacial score (nSPS) is 11.0. The molecule has 5 nitrogen and oxygen atoms in total. The number of fused-ring (bicyclic) bond motifs is 1. The number of carbonyl (C=O) groups is 2. The molecule has 160 valence electrons. The van der Waals surface area contributed by atoms with Crippen LogP contribution < -0.4 is 10.6 Å². The molecule has 4 aromatic rings. The van der Waals surface area contributed by atoms with Crippen molar-refractivity contribution in [2.75, 3.05) is 11.1 Å². The second-order valence-electron chi connectivity index (χ2n) is 6.95. The van der Waals surface area contributed by atoms with E-state index in [4.69, 9.17) is 0 Å². The zero-order valence-electron chi connectivity index (χ0n) is 17.2. The van der Waals surface area contributed by atoms with Crippen molar-refractivity contribution in [2.45, 2.75) is 10.9 Å². The van der Waals surface area contributed by atoms with Crippen molar-refractivity contribution < 1.29 is 9.59 Å². The van der Waals surface area contributed by atoms with Crippen LogP contribution in [0.4, 0.5) is 5.69 Å². The predicted molar refractivity (Wildman–Crippen MR) is 133 cm³/mol. The number of thioether (sulfide) groups is 1. The molecule has 0 bridgehead atoms. The minimum Gasteiger partial charge on any atom is -0.351 e. The molecule has 3 aromatic carbocycles. The monoisotopic (exact) mass is 459 g/mol. The van der Waals surface area contributed by atoms with Gasteiger partial charge in [0.05, 0.1) is 16.0 Å². The lowest BCUT2D eigenvalue weighted by Crippen LogP contribution is -2.24. The third-order valence-corrected chi connectivity index (χ3v) is 6.68. The number of nitrogens with one attached hydrogen (secondary N) is 2. The van der Waals surface area contributed by atoms with E-state index in [1.54, 1.807) is 6.08 Å². The Balaban J connectivity index is 1.31. The molecule has 32 heavy (non-hydrogen) atoms. The Bertz CT molecular complexity index is 1240. The van der Waals surface area contributed by atoms with E-state index < -0.39 is 0 Å². The minimum absolute atomic E-state index is 0.0312. The number of hydrogen-bond donors (Lipinski definition) is 2. The Morgan fingerprint density at radius 3 is 2.50 bits per heavy atom. The van der Waals surface area contributed by atoms with Gasteiger partial charge in [-0.05, 0) is 35.4 Å². The fraction of sp³-hybridized carbons (Fsp3) is 0.0800. The molecule has 7 heteroatoms. The Morgan fingerprint density at radius 2 is 1.72 bits per heavy atom. The number of aromatic nitrogens is 1. The van der Waals surface area contributed by atoms with Crippen LogP contribution in [-0.4, -0.2) is 22.6 Å². The average Bonchev–Trinajstić information content (AvgIpc) is 3.24. The fourth-order valence-corrected chi connectivity index (χ4v) is 4.88. The van der Waals surface area contributed by atoms with Gasteiger partial charge in [-0.2, -0.15) is 0 Å². The van der Waals surface area contributed by atoms with Gasteiger partial charge >= 0.3 is 0 Å². The molecule has 2 N–H and O–H groups in total. The highest BCUT2D eigenvalue weighted by Gasteiger charge is 2.09. The summed E-state index contributed by atoms with van der Waals surface area (Å²) in [5.41, 5.74) is 3.59. The van der Waals surface area contributed by atoms with Crippen LogP contribution in [0.1, 0.15) is 11.1 Å². The second-order valence-corrected chi connectivity index (χ2v) is 9.20. The predicted octanol–water partition coefficient (Wildman–Crippen LogP) is 5.36. The zero-order valence-corrected chi connectivity index (χ0v) is 18.8. The van der Waals surface area contributed by atoms with Gasteiger partial charge in [-0.25, -0.2) is 4.98 Å². The maximum atomic E-state index is 12.2. The number of nitrogens with zero attached hydrogens (tertiary/aromatic N) is 1. The van der Waals surface area contributed by atoms with Crippen LogP contribution in [0, 0.1) is 0 Å². The van der Waals surface area contributed by atoms with Gasteiger partial charge in [0, 0.05) is 18.3 Å². The van der Waals surface area contributed by atoms with Crippen LogP contribution in [0.25, 0.3) is 16.3 Å². The number of benzene rings is 3. The summed E-state index contributed by atoms with van der Waals surface area (Å²) >= 11 is 2.92. The molecule has 0 atom stereocenters. The van der Waals surface area contributed by atoms with Crippen LogP contribution >= 0.6 is 23.1 Å². The number of hydrogen-bond acceptors (Lipinski definition) is 5. The maximum Gasteiger partial charge on any atom is 0.248 e. The Kier molecular flexibility index (Phi) is 7.32. The molecular weight excluding hydrogens is 438 g/mol. The summed E-state index contributed by atoms with van der Waals surface area (Å²) in [6.45, 7) is 0.516. The second kappa shape index (κ2) is 10.7. The average molecular weight is 460 g/mol. The van der Waals surface area contributed by atoms with Crippen molar-refractivity contribution >= 4 is 56.9 Å². The molecule has 0 saturated carbocycles. The highest BCUT2D eigenvalue weighted by molar-refractivity contribution is 8.01. The van der Waals surface area contributed by atoms with E-state index in [1.165, 1.54) is 29.2 Å². The van der Waals surface area contributed by atoms with E-state index in [9.17, 15) is 9.59 Å². The summed E-state index contributed by atoms with van der Waals surface area (Å²) in [5, 5.41) is 5.80. The smallest absolute Gasteiger partial charge is 0.248 e. The van der Waals surface area contributed by atoms with Gasteiger partial charge in [-0.3, -0.25) is 9.59 Å². The van der Waals surface area contributed by atoms with Gasteiger partial charge in [0.15, 0.2) is 4.34 Å². The van der Waals surface area contributed by atoms with Gasteiger partial charge in [0.25, 0.3) is 0 Å². The first kappa shape index (κ1) is 21.8. The van der Waals surface area contributed by atoms with E-state index in [1.807, 2.05) is 78.9 Å². The summed E-state index contributed by atoms with van der Waals surface area (Å²) in [6.07, 6.45) is 3.29. The third kappa shape index (κ3) is 6.29. The Hall–Kier alpha value is -3.42. The first-order valence-corrected chi connectivity index (χ1v) is 11.8. The molecule has 0 aliphatic heterocycles. The molecule has 0 aliphatic rings. The van der Waals surface area contributed by atoms with Gasteiger partial charge in [0.2, 0.25) is 11.8 Å². The van der Waals surface area contributed by atoms with Crippen molar-refractivity contribution in [1.82, 2.24) is 10.3 Å². The van der Waals surface area contributed by atoms with Crippen LogP contribution in [-0.2, 0) is 16.1 Å². The van der Waals surface area contributed by atoms with Gasteiger partial charge < -0.3 is 10.6 Å². The van der Waals surface area contributed by atoms with E-state index in [0.29, 0.717) is 18.0 Å². The number of thiazole rings is 1. The van der Waals surface area contributed by atoms with Crippen molar-refractivity contribution in [2.24, 2.45) is 0 Å². The van der Waals surface area contributed by atoms with E-state index in [-0.39, 0.29) is 11.8 Å². The zero-order chi connectivity index (χ0) is 22.2. The lowest BCUT2D eigenvalue weighted by Gasteiger charge is -2.03. The molecule has 0 unspecified atom stereocenters. The standard InChI is InChI=1S/C25H21N3O2S2/c29-23(14-11-18-7-3-1-4-8-18)27-20-12-13-21-22(15-20)32-25(28-21)31-17-24(30)26-16-19-9-5-2-6-10-19/h1-15H,16-17H2,(H,26,30)(H,27,29)/b14-11+. The van der Waals surface area contributed by atoms with Gasteiger partial charge in [-0.15, -0.1) is 11.3 Å². The van der Waals surface area contributed by atoms with Crippen molar-refractivity contribution in [3.63, 3.8) is 0 Å². The van der Waals surface area contributed by atoms with Crippen molar-refractivity contribution in [1.29, 1.82) is 0 Å². The minimum atomic E-state index is -0.192. The molecule has 0 aliphatic carbocycles. The first-order chi connectivity index (χ1) is 15.7. The first-order valence-electron chi connectivity index (χ1n) is 10.0. The molecule has 0 radical (unpaired) electrons. The van der Waals surface area contributed by atoms with Crippen LogP contribution in [0.15, 0.2) is 89.3 Å². The Morgan fingerprint density at radius 1 is 0.969 bits per heavy atom. The van der Waals surface area contributed by atoms with Crippen LogP contribution in [0.5, 0.6) is 0 Å². The molecule has 1 aromatic heterocycles. The van der Waals surface area contributed by atoms with E-state index in [0.717, 1.165) is 25.7 Å². The quantitative estimate of drug-likeness (QED) is 0.275. The van der Waals surface area contributed by atoms with Gasteiger partial charge in [-0.1, -0.05) is 72.4 Å². The summed E-state index contributed by atoms with van der Waals surface area (Å²) in [4.78, 5) is 28.9. The molecule has 0 saturated heterocycles. The third-order valence-electron chi connectivity index (χ3n) is 4.52. The van der Waals surface area contributed by atoms with E-state index in [2.05, 4.69) is 15.6 Å². The van der Waals surface area contributed by atoms with Crippen molar-refractivity contribution in [3.05, 3.63) is 96.1 Å². The summed E-state index contributed by atoms with van der Waals surface area (Å²) in [5.74, 6) is 0.0826. The number of rotatable bonds is 8. The summed E-state index contributed by atoms with van der Waals surface area (Å²) in [7, 11) is 0. The largest absolute Gasteiger partial charge is 0.351 e. The lowest BCUT2D eigenvalue weighted by molar-refractivity contribution is -0.118. The SMILES string of the molecule is O=C(/C=C/c1ccccc1)Nc1ccc2nc(SCC(=O)NCc3ccccc3)sc2c1.